The lowest BCUT2D eigenvalue weighted by Gasteiger charge is -2.47. The number of amides is 1. The van der Waals surface area contributed by atoms with E-state index in [1.165, 1.54) is 4.90 Å². The summed E-state index contributed by atoms with van der Waals surface area (Å²) in [7, 11) is 1.59. The molecule has 1 amide bonds. The van der Waals surface area contributed by atoms with Crippen molar-refractivity contribution in [2.24, 2.45) is 0 Å². The van der Waals surface area contributed by atoms with Gasteiger partial charge in [0.05, 0.1) is 20.2 Å². The van der Waals surface area contributed by atoms with Gasteiger partial charge in [-0.15, -0.1) is 0 Å². The van der Waals surface area contributed by atoms with E-state index in [4.69, 9.17) is 9.47 Å². The lowest BCUT2D eigenvalue weighted by Crippen LogP contribution is -2.74. The highest BCUT2D eigenvalue weighted by Crippen LogP contribution is 2.25. The van der Waals surface area contributed by atoms with Crippen molar-refractivity contribution in [3.63, 3.8) is 0 Å². The monoisotopic (exact) mass is 336 g/mol. The van der Waals surface area contributed by atoms with Crippen LogP contribution < -0.4 is 10.1 Å². The smallest absolute Gasteiger partial charge is 0.410 e. The summed E-state index contributed by atoms with van der Waals surface area (Å²) in [6, 6.07) is 7.37. The van der Waals surface area contributed by atoms with Gasteiger partial charge in [0.15, 0.2) is 5.54 Å². The molecule has 2 N–H and O–H groups in total. The Bertz CT molecular complexity index is 600. The first-order valence-corrected chi connectivity index (χ1v) is 7.74. The summed E-state index contributed by atoms with van der Waals surface area (Å²) >= 11 is 0. The van der Waals surface area contributed by atoms with Gasteiger partial charge in [-0.25, -0.2) is 4.79 Å². The molecule has 0 atom stereocenters. The Morgan fingerprint density at radius 1 is 1.25 bits per heavy atom. The summed E-state index contributed by atoms with van der Waals surface area (Å²) in [6.07, 6.45) is -0.495. The second kappa shape index (κ2) is 6.68. The Labute approximate surface area is 141 Å². The SMILES string of the molecule is COc1ccc(CNC2(C(=O)O)CN(C(=O)OC(C)(C)C)C2)cc1. The molecule has 1 saturated heterocycles. The third-order valence-corrected chi connectivity index (χ3v) is 3.77. The minimum Gasteiger partial charge on any atom is -0.497 e. The van der Waals surface area contributed by atoms with Crippen LogP contribution in [0, 0.1) is 0 Å². The normalized spacial score (nSPS) is 16.2. The van der Waals surface area contributed by atoms with Crippen molar-refractivity contribution in [3.05, 3.63) is 29.8 Å². The van der Waals surface area contributed by atoms with Crippen molar-refractivity contribution in [2.45, 2.75) is 38.5 Å². The molecule has 7 nitrogen and oxygen atoms in total. The summed E-state index contributed by atoms with van der Waals surface area (Å²) in [5.41, 5.74) is -0.807. The van der Waals surface area contributed by atoms with E-state index in [-0.39, 0.29) is 13.1 Å². The molecule has 1 aromatic carbocycles. The molecular weight excluding hydrogens is 312 g/mol. The fourth-order valence-corrected chi connectivity index (χ4v) is 2.40. The van der Waals surface area contributed by atoms with Gasteiger partial charge in [-0.1, -0.05) is 12.1 Å². The predicted molar refractivity (Wildman–Crippen MR) is 88.0 cm³/mol. The van der Waals surface area contributed by atoms with Crippen molar-refractivity contribution >= 4 is 12.1 Å². The maximum Gasteiger partial charge on any atom is 0.410 e. The summed E-state index contributed by atoms with van der Waals surface area (Å²) in [4.78, 5) is 25.0. The van der Waals surface area contributed by atoms with E-state index in [0.717, 1.165) is 11.3 Å². The minimum atomic E-state index is -1.14. The number of hydrogen-bond donors (Lipinski definition) is 2. The third kappa shape index (κ3) is 4.17. The lowest BCUT2D eigenvalue weighted by molar-refractivity contribution is -0.152. The van der Waals surface area contributed by atoms with Crippen LogP contribution >= 0.6 is 0 Å². The molecule has 0 bridgehead atoms. The van der Waals surface area contributed by atoms with Gasteiger partial charge >= 0.3 is 12.1 Å². The first-order valence-electron chi connectivity index (χ1n) is 7.74. The van der Waals surface area contributed by atoms with Crippen molar-refractivity contribution in [1.82, 2.24) is 10.2 Å². The molecule has 1 aliphatic heterocycles. The molecule has 132 valence electrons. The van der Waals surface area contributed by atoms with Gasteiger partial charge < -0.3 is 19.5 Å². The number of methoxy groups -OCH3 is 1. The Morgan fingerprint density at radius 3 is 2.29 bits per heavy atom. The number of nitrogens with one attached hydrogen (secondary N) is 1. The molecular formula is C17H24N2O5. The van der Waals surface area contributed by atoms with Crippen molar-refractivity contribution in [3.8, 4) is 5.75 Å². The zero-order valence-corrected chi connectivity index (χ0v) is 14.5. The molecule has 1 aromatic rings. The highest BCUT2D eigenvalue weighted by atomic mass is 16.6. The van der Waals surface area contributed by atoms with E-state index in [1.807, 2.05) is 24.3 Å². The zero-order chi connectivity index (χ0) is 18.0. The van der Waals surface area contributed by atoms with Crippen LogP contribution in [-0.2, 0) is 16.1 Å². The Kier molecular flexibility index (Phi) is 5.03. The van der Waals surface area contributed by atoms with Crippen LogP contribution in [0.15, 0.2) is 24.3 Å². The highest BCUT2D eigenvalue weighted by Gasteiger charge is 2.52. The van der Waals surface area contributed by atoms with E-state index >= 15 is 0 Å². The largest absolute Gasteiger partial charge is 0.497 e. The van der Waals surface area contributed by atoms with Crippen LogP contribution in [0.5, 0.6) is 5.75 Å². The Hall–Kier alpha value is -2.28. The fourth-order valence-electron chi connectivity index (χ4n) is 2.40. The van der Waals surface area contributed by atoms with Gasteiger partial charge in [-0.2, -0.15) is 0 Å². The molecule has 1 heterocycles. The van der Waals surface area contributed by atoms with E-state index in [0.29, 0.717) is 6.54 Å². The fraction of sp³-hybridized carbons (Fsp3) is 0.529. The second-order valence-corrected chi connectivity index (χ2v) is 6.93. The van der Waals surface area contributed by atoms with Crippen LogP contribution in [0.4, 0.5) is 4.79 Å². The van der Waals surface area contributed by atoms with Gasteiger partial charge in [0, 0.05) is 6.54 Å². The van der Waals surface area contributed by atoms with E-state index in [2.05, 4.69) is 5.32 Å². The van der Waals surface area contributed by atoms with Crippen LogP contribution in [0.1, 0.15) is 26.3 Å². The molecule has 1 fully saturated rings. The van der Waals surface area contributed by atoms with Crippen LogP contribution in [0.3, 0.4) is 0 Å². The number of carboxylic acids is 1. The standard InChI is InChI=1S/C17H24N2O5/c1-16(2,3)24-15(22)19-10-17(11-19,14(20)21)18-9-12-5-7-13(23-4)8-6-12/h5-8,18H,9-11H2,1-4H3,(H,20,21). The zero-order valence-electron chi connectivity index (χ0n) is 14.5. The van der Waals surface area contributed by atoms with E-state index in [9.17, 15) is 14.7 Å². The number of ether oxygens (including phenoxy) is 2. The number of nitrogens with zero attached hydrogens (tertiary/aromatic N) is 1. The molecule has 0 radical (unpaired) electrons. The minimum absolute atomic E-state index is 0.0768. The highest BCUT2D eigenvalue weighted by molar-refractivity contribution is 5.84. The number of likely N-dealkylation sites (tertiary alicyclic amines) is 1. The van der Waals surface area contributed by atoms with Gasteiger partial charge in [0.2, 0.25) is 0 Å². The average Bonchev–Trinajstić information content (AvgIpc) is 2.44. The first kappa shape index (κ1) is 18.1. The number of hydrogen-bond acceptors (Lipinski definition) is 5. The lowest BCUT2D eigenvalue weighted by atomic mass is 9.90. The molecule has 1 aliphatic rings. The van der Waals surface area contributed by atoms with E-state index in [1.54, 1.807) is 27.9 Å². The molecule has 2 rings (SSSR count). The van der Waals surface area contributed by atoms with Crippen molar-refractivity contribution in [2.75, 3.05) is 20.2 Å². The maximum absolute atomic E-state index is 12.0. The van der Waals surface area contributed by atoms with Crippen LogP contribution in [-0.4, -0.2) is 53.4 Å². The van der Waals surface area contributed by atoms with Crippen LogP contribution in [0.25, 0.3) is 0 Å². The predicted octanol–water partition coefficient (Wildman–Crippen LogP) is 1.86. The quantitative estimate of drug-likeness (QED) is 0.853. The molecule has 7 heteroatoms. The number of rotatable bonds is 5. The number of benzene rings is 1. The van der Waals surface area contributed by atoms with Gasteiger partial charge in [-0.3, -0.25) is 10.1 Å². The number of carboxylic acid groups (broad SMARTS) is 1. The molecule has 24 heavy (non-hydrogen) atoms. The summed E-state index contributed by atoms with van der Waals surface area (Å²) in [6.45, 7) is 5.87. The summed E-state index contributed by atoms with van der Waals surface area (Å²) in [5, 5.41) is 12.6. The summed E-state index contributed by atoms with van der Waals surface area (Å²) < 4.78 is 10.3. The number of carbonyl (C=O) groups excluding carboxylic acids is 1. The molecule has 0 saturated carbocycles. The van der Waals surface area contributed by atoms with Crippen molar-refractivity contribution in [1.29, 1.82) is 0 Å². The van der Waals surface area contributed by atoms with Gasteiger partial charge in [0.1, 0.15) is 11.4 Å². The van der Waals surface area contributed by atoms with Gasteiger partial charge in [0.25, 0.3) is 0 Å². The topological polar surface area (TPSA) is 88.1 Å². The van der Waals surface area contributed by atoms with Crippen LogP contribution in [0.2, 0.25) is 0 Å². The first-order chi connectivity index (χ1) is 11.1. The van der Waals surface area contributed by atoms with E-state index < -0.39 is 23.2 Å². The Balaban J connectivity index is 1.93. The summed E-state index contributed by atoms with van der Waals surface area (Å²) in [5.74, 6) is -0.234. The maximum atomic E-state index is 12.0. The molecule has 0 unspecified atom stereocenters. The average molecular weight is 336 g/mol. The van der Waals surface area contributed by atoms with Gasteiger partial charge in [-0.05, 0) is 38.5 Å². The van der Waals surface area contributed by atoms with Crippen molar-refractivity contribution < 1.29 is 24.2 Å². The molecule has 0 spiro atoms. The third-order valence-electron chi connectivity index (χ3n) is 3.77. The Morgan fingerprint density at radius 2 is 1.83 bits per heavy atom. The number of aliphatic carboxylic acids is 1. The second-order valence-electron chi connectivity index (χ2n) is 6.93. The number of carbonyl (C=O) groups is 2. The molecule has 0 aromatic heterocycles. The molecule has 0 aliphatic carbocycles.